The highest BCUT2D eigenvalue weighted by Crippen LogP contribution is 2.13. The third-order valence-corrected chi connectivity index (χ3v) is 1.93. The molecule has 1 N–H and O–H groups in total. The van der Waals surface area contributed by atoms with Gasteiger partial charge in [-0.3, -0.25) is 14.8 Å². The van der Waals surface area contributed by atoms with E-state index in [0.29, 0.717) is 5.69 Å². The zero-order valence-corrected chi connectivity index (χ0v) is 7.34. The van der Waals surface area contributed by atoms with E-state index in [4.69, 9.17) is 5.11 Å². The number of carboxylic acid groups (broad SMARTS) is 1. The minimum absolute atomic E-state index is 0.0664. The molecular formula is C10H8N2O2. The predicted molar refractivity (Wildman–Crippen MR) is 50.9 cm³/mol. The van der Waals surface area contributed by atoms with Crippen LogP contribution in [0, 0.1) is 0 Å². The Kier molecular flexibility index (Phi) is 2.10. The Bertz CT molecular complexity index is 477. The van der Waals surface area contributed by atoms with Crippen LogP contribution in [-0.2, 0) is 11.2 Å². The van der Waals surface area contributed by atoms with Gasteiger partial charge in [0.05, 0.1) is 17.6 Å². The summed E-state index contributed by atoms with van der Waals surface area (Å²) in [4.78, 5) is 18.7. The van der Waals surface area contributed by atoms with Gasteiger partial charge in [-0.15, -0.1) is 0 Å². The maximum atomic E-state index is 10.6. The monoisotopic (exact) mass is 188 g/mol. The van der Waals surface area contributed by atoms with Crippen molar-refractivity contribution in [1.29, 1.82) is 0 Å². The minimum Gasteiger partial charge on any atom is -0.481 e. The second-order valence-electron chi connectivity index (χ2n) is 2.90. The van der Waals surface area contributed by atoms with Crippen LogP contribution in [0.1, 0.15) is 5.69 Å². The molecule has 0 aromatic carbocycles. The first kappa shape index (κ1) is 8.62. The van der Waals surface area contributed by atoms with Gasteiger partial charge in [-0.05, 0) is 18.2 Å². The first-order valence-electron chi connectivity index (χ1n) is 4.18. The Morgan fingerprint density at radius 3 is 2.93 bits per heavy atom. The van der Waals surface area contributed by atoms with Crippen molar-refractivity contribution < 1.29 is 9.90 Å². The van der Waals surface area contributed by atoms with E-state index in [2.05, 4.69) is 9.97 Å². The lowest BCUT2D eigenvalue weighted by molar-refractivity contribution is -0.136. The van der Waals surface area contributed by atoms with Crippen LogP contribution in [0.15, 0.2) is 30.6 Å². The summed E-state index contributed by atoms with van der Waals surface area (Å²) in [5.74, 6) is -0.881. The summed E-state index contributed by atoms with van der Waals surface area (Å²) in [6.07, 6.45) is 3.18. The largest absolute Gasteiger partial charge is 0.481 e. The molecule has 2 heterocycles. The number of hydrogen-bond acceptors (Lipinski definition) is 3. The van der Waals surface area contributed by atoms with Gasteiger partial charge in [0.1, 0.15) is 0 Å². The molecular weight excluding hydrogens is 180 g/mol. The lowest BCUT2D eigenvalue weighted by Gasteiger charge is -2.01. The van der Waals surface area contributed by atoms with Gasteiger partial charge in [-0.25, -0.2) is 0 Å². The summed E-state index contributed by atoms with van der Waals surface area (Å²) in [6.45, 7) is 0. The predicted octanol–water partition coefficient (Wildman–Crippen LogP) is 1.26. The third-order valence-electron chi connectivity index (χ3n) is 1.93. The van der Waals surface area contributed by atoms with Crippen LogP contribution in [0.4, 0.5) is 0 Å². The summed E-state index contributed by atoms with van der Waals surface area (Å²) in [6, 6.07) is 5.36. The quantitative estimate of drug-likeness (QED) is 0.770. The van der Waals surface area contributed by atoms with Gasteiger partial charge >= 0.3 is 5.97 Å². The number of aliphatic carboxylic acids is 1. The highest BCUT2D eigenvalue weighted by atomic mass is 16.4. The number of rotatable bonds is 2. The van der Waals surface area contributed by atoms with Crippen molar-refractivity contribution in [3.05, 3.63) is 36.3 Å². The van der Waals surface area contributed by atoms with Crippen LogP contribution in [0.5, 0.6) is 0 Å². The van der Waals surface area contributed by atoms with Gasteiger partial charge in [0, 0.05) is 17.8 Å². The summed E-state index contributed by atoms with van der Waals surface area (Å²) in [7, 11) is 0. The van der Waals surface area contributed by atoms with Gasteiger partial charge in [0.25, 0.3) is 0 Å². The molecule has 2 aromatic heterocycles. The van der Waals surface area contributed by atoms with Crippen molar-refractivity contribution in [3.8, 4) is 0 Å². The summed E-state index contributed by atoms with van der Waals surface area (Å²) in [5.41, 5.74) is 1.34. The molecule has 0 bridgehead atoms. The van der Waals surface area contributed by atoms with Crippen molar-refractivity contribution in [2.45, 2.75) is 6.42 Å². The Hall–Kier alpha value is -1.97. The van der Waals surface area contributed by atoms with Gasteiger partial charge in [0.15, 0.2) is 0 Å². The molecule has 0 atom stereocenters. The molecule has 14 heavy (non-hydrogen) atoms. The maximum absolute atomic E-state index is 10.6. The van der Waals surface area contributed by atoms with E-state index >= 15 is 0 Å². The molecule has 0 aliphatic heterocycles. The fourth-order valence-electron chi connectivity index (χ4n) is 1.35. The molecule has 0 aliphatic carbocycles. The van der Waals surface area contributed by atoms with E-state index in [1.54, 1.807) is 24.5 Å². The molecule has 2 aromatic rings. The molecule has 0 saturated heterocycles. The first-order valence-corrected chi connectivity index (χ1v) is 4.18. The van der Waals surface area contributed by atoms with Crippen LogP contribution in [0.2, 0.25) is 0 Å². The normalized spacial score (nSPS) is 10.3. The van der Waals surface area contributed by atoms with E-state index in [1.807, 2.05) is 6.07 Å². The Morgan fingerprint density at radius 1 is 1.29 bits per heavy atom. The van der Waals surface area contributed by atoms with Crippen LogP contribution >= 0.6 is 0 Å². The van der Waals surface area contributed by atoms with Crippen LogP contribution in [0.25, 0.3) is 10.9 Å². The van der Waals surface area contributed by atoms with Crippen LogP contribution < -0.4 is 0 Å². The first-order chi connectivity index (χ1) is 6.77. The molecule has 0 amide bonds. The van der Waals surface area contributed by atoms with Crippen LogP contribution in [-0.4, -0.2) is 21.0 Å². The highest BCUT2D eigenvalue weighted by molar-refractivity contribution is 5.84. The molecule has 0 radical (unpaired) electrons. The number of hydrogen-bond donors (Lipinski definition) is 1. The average Bonchev–Trinajstić information content (AvgIpc) is 2.18. The van der Waals surface area contributed by atoms with Gasteiger partial charge < -0.3 is 5.11 Å². The number of fused-ring (bicyclic) bond motifs is 1. The molecule has 0 fully saturated rings. The number of carbonyl (C=O) groups is 1. The Morgan fingerprint density at radius 2 is 2.14 bits per heavy atom. The van der Waals surface area contributed by atoms with Gasteiger partial charge in [-0.1, -0.05) is 0 Å². The lowest BCUT2D eigenvalue weighted by Crippen LogP contribution is -2.02. The second kappa shape index (κ2) is 3.41. The van der Waals surface area contributed by atoms with E-state index < -0.39 is 5.97 Å². The average molecular weight is 188 g/mol. The molecule has 0 spiro atoms. The molecule has 70 valence electrons. The summed E-state index contributed by atoms with van der Waals surface area (Å²) < 4.78 is 0. The Balaban J connectivity index is 2.59. The number of pyridine rings is 2. The second-order valence-corrected chi connectivity index (χ2v) is 2.90. The highest BCUT2D eigenvalue weighted by Gasteiger charge is 2.06. The van der Waals surface area contributed by atoms with Crippen molar-refractivity contribution >= 4 is 16.9 Å². The van der Waals surface area contributed by atoms with Gasteiger partial charge in [-0.2, -0.15) is 0 Å². The zero-order chi connectivity index (χ0) is 9.97. The van der Waals surface area contributed by atoms with Gasteiger partial charge in [0.2, 0.25) is 0 Å². The summed E-state index contributed by atoms with van der Waals surface area (Å²) >= 11 is 0. The smallest absolute Gasteiger partial charge is 0.309 e. The molecule has 0 aliphatic rings. The summed E-state index contributed by atoms with van der Waals surface area (Å²) in [5, 5.41) is 9.47. The SMILES string of the molecule is O=C(O)Cc1nccc2ncccc12. The van der Waals surface area contributed by atoms with Crippen molar-refractivity contribution in [3.63, 3.8) is 0 Å². The number of nitrogens with zero attached hydrogens (tertiary/aromatic N) is 2. The van der Waals surface area contributed by atoms with Crippen molar-refractivity contribution in [1.82, 2.24) is 9.97 Å². The minimum atomic E-state index is -0.881. The third kappa shape index (κ3) is 1.54. The van der Waals surface area contributed by atoms with E-state index in [1.165, 1.54) is 0 Å². The zero-order valence-electron chi connectivity index (χ0n) is 7.34. The maximum Gasteiger partial charge on any atom is 0.309 e. The molecule has 0 saturated carbocycles. The topological polar surface area (TPSA) is 63.1 Å². The van der Waals surface area contributed by atoms with Crippen molar-refractivity contribution in [2.24, 2.45) is 0 Å². The Labute approximate surface area is 80.2 Å². The van der Waals surface area contributed by atoms with Crippen LogP contribution in [0.3, 0.4) is 0 Å². The number of aromatic nitrogens is 2. The standard InChI is InChI=1S/C10H8N2O2/c13-10(14)6-9-7-2-1-4-11-8(7)3-5-12-9/h1-5H,6H2,(H,13,14). The van der Waals surface area contributed by atoms with Crippen molar-refractivity contribution in [2.75, 3.05) is 0 Å². The molecule has 2 rings (SSSR count). The number of carboxylic acids is 1. The lowest BCUT2D eigenvalue weighted by atomic mass is 10.1. The molecule has 0 unspecified atom stereocenters. The van der Waals surface area contributed by atoms with E-state index in [-0.39, 0.29) is 6.42 Å². The fraction of sp³-hybridized carbons (Fsp3) is 0.100. The fourth-order valence-corrected chi connectivity index (χ4v) is 1.35. The van der Waals surface area contributed by atoms with E-state index in [9.17, 15) is 4.79 Å². The molecule has 4 nitrogen and oxygen atoms in total. The molecule has 4 heteroatoms. The van der Waals surface area contributed by atoms with E-state index in [0.717, 1.165) is 10.9 Å².